The Kier molecular flexibility index (Phi) is 186. The van der Waals surface area contributed by atoms with E-state index in [0.717, 1.165) is 0 Å². The number of hydrogen-bond acceptors (Lipinski definition) is 0. The van der Waals surface area contributed by atoms with Crippen LogP contribution in [0.2, 0.25) is 0 Å². The van der Waals surface area contributed by atoms with E-state index in [9.17, 15) is 0 Å². The maximum Gasteiger partial charge on any atom is 0.187 e. The summed E-state index contributed by atoms with van der Waals surface area (Å²) in [4.78, 5) is 0. The summed E-state index contributed by atoms with van der Waals surface area (Å²) in [5.41, 5.74) is 0. The van der Waals surface area contributed by atoms with Crippen molar-refractivity contribution >= 4 is 17.4 Å². The van der Waals surface area contributed by atoms with E-state index in [2.05, 4.69) is 0 Å². The van der Waals surface area contributed by atoms with Gasteiger partial charge in [-0.25, -0.2) is 0 Å². The van der Waals surface area contributed by atoms with Gasteiger partial charge in [-0.1, -0.05) is 0 Å². The van der Waals surface area contributed by atoms with Gasteiger partial charge in [0.25, 0.3) is 0 Å². The van der Waals surface area contributed by atoms with Crippen LogP contribution in [0.15, 0.2) is 0 Å². The molecule has 0 saturated carbocycles. The van der Waals surface area contributed by atoms with E-state index in [-0.39, 0.29) is 66.8 Å². The molecule has 0 fully saturated rings. The number of hydrogen-bond donors (Lipinski definition) is 0. The quantitative estimate of drug-likeness (QED) is 0.437. The van der Waals surface area contributed by atoms with E-state index in [1.807, 2.05) is 0 Å². The molecule has 0 atom stereocenters. The summed E-state index contributed by atoms with van der Waals surface area (Å²) in [6, 6.07) is 0. The van der Waals surface area contributed by atoms with Crippen molar-refractivity contribution in [2.45, 2.75) is 0 Å². The van der Waals surface area contributed by atoms with Crippen molar-refractivity contribution in [3.05, 3.63) is 0 Å². The molecule has 0 aliphatic carbocycles. The van der Waals surface area contributed by atoms with Crippen LogP contribution in [0, 0.1) is 0 Å². The average molecular weight is 206 g/mol. The van der Waals surface area contributed by atoms with Crippen molar-refractivity contribution in [3.8, 4) is 0 Å². The van der Waals surface area contributed by atoms with Crippen molar-refractivity contribution in [3.63, 3.8) is 0 Å². The topological polar surface area (TPSA) is 0 Å². The smallest absolute Gasteiger partial charge is 0 e. The molecule has 0 aromatic heterocycles. The van der Waals surface area contributed by atoms with Gasteiger partial charge in [-0.15, -0.1) is 0 Å². The van der Waals surface area contributed by atoms with Gasteiger partial charge in [-0.3, -0.25) is 0 Å². The first kappa shape index (κ1) is 37.3. The summed E-state index contributed by atoms with van der Waals surface area (Å²) in [5, 5.41) is 0. The zero-order chi connectivity index (χ0) is 0. The normalized spacial score (nSPS) is 0. The fourth-order valence-electron chi connectivity index (χ4n) is 0. The molecule has 36 valence electrons. The third-order valence-corrected chi connectivity index (χ3v) is 0. The van der Waals surface area contributed by atoms with Crippen LogP contribution in [0.5, 0.6) is 0 Å². The molecule has 0 saturated heterocycles. The molecule has 0 aliphatic rings. The van der Waals surface area contributed by atoms with Crippen molar-refractivity contribution in [1.82, 2.24) is 0 Å². The summed E-state index contributed by atoms with van der Waals surface area (Å²) in [6.45, 7) is 0. The van der Waals surface area contributed by atoms with E-state index in [0.29, 0.717) is 0 Å². The molecule has 4 heavy (non-hydrogen) atoms. The molecule has 0 radical (unpaired) electrons. The third kappa shape index (κ3) is 8.99. The van der Waals surface area contributed by atoms with E-state index >= 15 is 0 Å². The molecule has 0 bridgehead atoms. The van der Waals surface area contributed by atoms with Crippen LogP contribution < -0.4 is 0 Å². The predicted molar refractivity (Wildman–Crippen MR) is 9.94 cm³/mol. The molecule has 0 aliphatic heterocycles. The van der Waals surface area contributed by atoms with Crippen molar-refractivity contribution in [2.24, 2.45) is 0 Å². The molecule has 0 unspecified atom stereocenters. The van der Waals surface area contributed by atoms with Gasteiger partial charge in [0.15, 0.2) is 17.4 Å². The van der Waals surface area contributed by atoms with E-state index in [1.54, 1.807) is 0 Å². The first-order valence-electron chi connectivity index (χ1n) is 0. The maximum atomic E-state index is 0. The van der Waals surface area contributed by atoms with Crippen molar-refractivity contribution in [1.29, 1.82) is 0 Å². The van der Waals surface area contributed by atoms with Crippen LogP contribution in [-0.2, 0) is 49.5 Å². The second kappa shape index (κ2) is 19.9. The molecule has 0 amide bonds. The van der Waals surface area contributed by atoms with Gasteiger partial charge in [-0.05, 0) is 0 Å². The van der Waals surface area contributed by atoms with Crippen molar-refractivity contribution < 1.29 is 49.5 Å². The Bertz CT molecular complexity index is 3.25. The summed E-state index contributed by atoms with van der Waals surface area (Å²) in [7, 11) is 0. The monoisotopic (exact) mass is 204 g/mol. The molecule has 0 N–H and O–H groups in total. The third-order valence-electron chi connectivity index (χ3n) is 0. The largest absolute Gasteiger partial charge is 0.187 e. The Hall–Kier alpha value is 2.01. The minimum absolute atomic E-state index is 0. The molecule has 0 heterocycles. The first-order chi connectivity index (χ1) is 0. The van der Waals surface area contributed by atoms with E-state index < -0.39 is 0 Å². The molecule has 0 aromatic rings. The van der Waals surface area contributed by atoms with Gasteiger partial charge in [0, 0.05) is 49.5 Å². The fourth-order valence-corrected chi connectivity index (χ4v) is 0. The summed E-state index contributed by atoms with van der Waals surface area (Å²) >= 11 is 0. The predicted octanol–water partition coefficient (Wildman–Crippen LogP) is -1.19. The molecular formula is H3AlNi3. The van der Waals surface area contributed by atoms with Crippen molar-refractivity contribution in [2.75, 3.05) is 0 Å². The molecule has 4 heteroatoms. The van der Waals surface area contributed by atoms with Gasteiger partial charge in [-0.2, -0.15) is 0 Å². The maximum absolute atomic E-state index is 0. The SMILES string of the molecule is [AlH3].[Ni].[Ni].[Ni]. The van der Waals surface area contributed by atoms with Crippen LogP contribution in [0.4, 0.5) is 0 Å². The van der Waals surface area contributed by atoms with Gasteiger partial charge in [0.2, 0.25) is 0 Å². The first-order valence-corrected chi connectivity index (χ1v) is 0. The van der Waals surface area contributed by atoms with Gasteiger partial charge in [0.1, 0.15) is 0 Å². The second-order valence-electron chi connectivity index (χ2n) is 0. The summed E-state index contributed by atoms with van der Waals surface area (Å²) in [6.07, 6.45) is 0. The molecule has 0 rings (SSSR count). The zero-order valence-electron chi connectivity index (χ0n) is 0.949. The van der Waals surface area contributed by atoms with Crippen LogP contribution in [0.25, 0.3) is 0 Å². The Morgan fingerprint density at radius 1 is 0.500 bits per heavy atom. The minimum atomic E-state index is 0. The second-order valence-corrected chi connectivity index (χ2v) is 0. The minimum Gasteiger partial charge on any atom is 0 e. The van der Waals surface area contributed by atoms with E-state index in [4.69, 9.17) is 0 Å². The van der Waals surface area contributed by atoms with Crippen LogP contribution in [-0.4, -0.2) is 17.4 Å². The van der Waals surface area contributed by atoms with Crippen LogP contribution >= 0.6 is 0 Å². The standard InChI is InChI=1S/Al.3Ni.3H. The van der Waals surface area contributed by atoms with Crippen LogP contribution in [0.1, 0.15) is 0 Å². The Morgan fingerprint density at radius 2 is 0.500 bits per heavy atom. The van der Waals surface area contributed by atoms with Gasteiger partial charge in [0.05, 0.1) is 0 Å². The zero-order valence-corrected chi connectivity index (χ0v) is 3.91. The van der Waals surface area contributed by atoms with E-state index in [1.165, 1.54) is 0 Å². The Balaban J connectivity index is 0. The summed E-state index contributed by atoms with van der Waals surface area (Å²) < 4.78 is 0. The molecule has 0 aromatic carbocycles. The molecular weight excluding hydrogens is 203 g/mol. The average Bonchev–Trinajstić information content (AvgIpc) is 0. The Labute approximate surface area is 66.4 Å². The molecule has 0 spiro atoms. The Morgan fingerprint density at radius 3 is 0.500 bits per heavy atom. The van der Waals surface area contributed by atoms with Gasteiger partial charge >= 0.3 is 0 Å². The van der Waals surface area contributed by atoms with Crippen LogP contribution in [0.3, 0.4) is 0 Å². The summed E-state index contributed by atoms with van der Waals surface area (Å²) in [5.74, 6) is 0. The van der Waals surface area contributed by atoms with Gasteiger partial charge < -0.3 is 0 Å². The molecule has 0 nitrogen and oxygen atoms in total. The fraction of sp³-hybridized carbons (Fsp3) is 0. The number of rotatable bonds is 0.